The summed E-state index contributed by atoms with van der Waals surface area (Å²) in [4.78, 5) is 10.2. The number of ether oxygens (including phenoxy) is 1. The minimum atomic E-state index is -1.56. The summed E-state index contributed by atoms with van der Waals surface area (Å²) in [5, 5.41) is 24.4. The van der Waals surface area contributed by atoms with E-state index in [1.54, 1.807) is 6.07 Å². The number of carbonyl (C=O) groups is 1. The zero-order valence-corrected chi connectivity index (χ0v) is 8.51. The van der Waals surface area contributed by atoms with E-state index in [2.05, 4.69) is 26.1 Å². The number of rotatable bonds is 4. The predicted molar refractivity (Wildman–Crippen MR) is 48.9 cm³/mol. The standard InChI is InChI=1S/C7H7BrN2O4/c8-5-1-2-6(10-9-5)14-3-4(11)7(12)13/h1-2,4,11H,3H2,(H,12,13)/t4-/m1/s1. The Morgan fingerprint density at radius 1 is 1.57 bits per heavy atom. The lowest BCUT2D eigenvalue weighted by atomic mass is 10.4. The molecule has 76 valence electrons. The number of aliphatic hydroxyl groups is 1. The maximum Gasteiger partial charge on any atom is 0.336 e. The predicted octanol–water partition coefficient (Wildman–Crippen LogP) is 0.0634. The molecule has 0 saturated heterocycles. The van der Waals surface area contributed by atoms with Crippen LogP contribution < -0.4 is 4.74 Å². The van der Waals surface area contributed by atoms with Crippen LogP contribution in [0.5, 0.6) is 5.88 Å². The molecule has 0 spiro atoms. The third-order valence-electron chi connectivity index (χ3n) is 1.28. The summed E-state index contributed by atoms with van der Waals surface area (Å²) in [7, 11) is 0. The Morgan fingerprint density at radius 2 is 2.29 bits per heavy atom. The van der Waals surface area contributed by atoms with Gasteiger partial charge in [-0.2, -0.15) is 0 Å². The average molecular weight is 263 g/mol. The maximum absolute atomic E-state index is 10.2. The summed E-state index contributed by atoms with van der Waals surface area (Å²) in [6.45, 7) is -0.356. The van der Waals surface area contributed by atoms with Crippen LogP contribution in [0.2, 0.25) is 0 Å². The molecule has 1 atom stereocenters. The van der Waals surface area contributed by atoms with Gasteiger partial charge in [0.2, 0.25) is 5.88 Å². The second-order valence-electron chi connectivity index (χ2n) is 2.36. The van der Waals surface area contributed by atoms with E-state index in [1.165, 1.54) is 6.07 Å². The van der Waals surface area contributed by atoms with E-state index in [0.29, 0.717) is 4.60 Å². The number of hydrogen-bond donors (Lipinski definition) is 2. The first-order valence-corrected chi connectivity index (χ1v) is 4.42. The van der Waals surface area contributed by atoms with Gasteiger partial charge in [0.1, 0.15) is 11.2 Å². The topological polar surface area (TPSA) is 92.5 Å². The Kier molecular flexibility index (Phi) is 3.78. The average Bonchev–Trinajstić information content (AvgIpc) is 2.16. The molecule has 14 heavy (non-hydrogen) atoms. The SMILES string of the molecule is O=C(O)[C@H](O)COc1ccc(Br)nn1. The summed E-state index contributed by atoms with van der Waals surface area (Å²) in [5.41, 5.74) is 0. The highest BCUT2D eigenvalue weighted by atomic mass is 79.9. The molecule has 0 radical (unpaired) electrons. The molecule has 0 bridgehead atoms. The monoisotopic (exact) mass is 262 g/mol. The van der Waals surface area contributed by atoms with E-state index in [4.69, 9.17) is 14.9 Å². The summed E-state index contributed by atoms with van der Waals surface area (Å²) in [6, 6.07) is 3.10. The molecule has 0 aliphatic heterocycles. The van der Waals surface area contributed by atoms with Gasteiger partial charge >= 0.3 is 5.97 Å². The van der Waals surface area contributed by atoms with Gasteiger partial charge in [-0.3, -0.25) is 0 Å². The van der Waals surface area contributed by atoms with Crippen molar-refractivity contribution in [3.05, 3.63) is 16.7 Å². The van der Waals surface area contributed by atoms with Crippen LogP contribution in [0, 0.1) is 0 Å². The van der Waals surface area contributed by atoms with Crippen molar-refractivity contribution in [2.45, 2.75) is 6.10 Å². The van der Waals surface area contributed by atoms with Crippen molar-refractivity contribution in [2.75, 3.05) is 6.61 Å². The zero-order chi connectivity index (χ0) is 10.6. The number of hydrogen-bond acceptors (Lipinski definition) is 5. The highest BCUT2D eigenvalue weighted by Gasteiger charge is 2.13. The van der Waals surface area contributed by atoms with Crippen molar-refractivity contribution >= 4 is 21.9 Å². The van der Waals surface area contributed by atoms with E-state index < -0.39 is 12.1 Å². The van der Waals surface area contributed by atoms with E-state index in [0.717, 1.165) is 0 Å². The molecule has 0 aliphatic carbocycles. The molecule has 0 aromatic carbocycles. The fourth-order valence-corrected chi connectivity index (χ4v) is 0.828. The van der Waals surface area contributed by atoms with Gasteiger partial charge in [-0.25, -0.2) is 4.79 Å². The maximum atomic E-state index is 10.2. The minimum Gasteiger partial charge on any atom is -0.479 e. The quantitative estimate of drug-likeness (QED) is 0.798. The molecule has 0 amide bonds. The number of carboxylic acids is 1. The molecule has 1 rings (SSSR count). The Labute approximate surface area is 87.7 Å². The van der Waals surface area contributed by atoms with Crippen molar-refractivity contribution in [3.63, 3.8) is 0 Å². The highest BCUT2D eigenvalue weighted by Crippen LogP contribution is 2.08. The first kappa shape index (κ1) is 10.9. The smallest absolute Gasteiger partial charge is 0.336 e. The van der Waals surface area contributed by atoms with Crippen LogP contribution in [0.25, 0.3) is 0 Å². The Hall–Kier alpha value is -1.21. The second kappa shape index (κ2) is 4.87. The van der Waals surface area contributed by atoms with Gasteiger partial charge in [-0.1, -0.05) is 0 Å². The molecule has 6 nitrogen and oxygen atoms in total. The van der Waals surface area contributed by atoms with Gasteiger partial charge in [-0.05, 0) is 22.0 Å². The normalized spacial score (nSPS) is 12.1. The number of carboxylic acid groups (broad SMARTS) is 1. The first-order valence-electron chi connectivity index (χ1n) is 3.62. The van der Waals surface area contributed by atoms with E-state index in [1.807, 2.05) is 0 Å². The van der Waals surface area contributed by atoms with Gasteiger partial charge in [0.25, 0.3) is 0 Å². The lowest BCUT2D eigenvalue weighted by Crippen LogP contribution is -2.27. The lowest BCUT2D eigenvalue weighted by molar-refractivity contribution is -0.148. The van der Waals surface area contributed by atoms with Crippen molar-refractivity contribution in [2.24, 2.45) is 0 Å². The minimum absolute atomic E-state index is 0.161. The number of aliphatic carboxylic acids is 1. The summed E-state index contributed by atoms with van der Waals surface area (Å²) in [5.74, 6) is -1.18. The summed E-state index contributed by atoms with van der Waals surface area (Å²) >= 11 is 3.08. The fourth-order valence-electron chi connectivity index (χ4n) is 0.616. The number of nitrogens with zero attached hydrogens (tertiary/aromatic N) is 2. The lowest BCUT2D eigenvalue weighted by Gasteiger charge is -2.06. The van der Waals surface area contributed by atoms with Crippen molar-refractivity contribution in [1.82, 2.24) is 10.2 Å². The molecule has 1 aromatic heterocycles. The molecule has 2 N–H and O–H groups in total. The molecule has 1 heterocycles. The largest absolute Gasteiger partial charge is 0.479 e. The van der Waals surface area contributed by atoms with Gasteiger partial charge in [0, 0.05) is 6.07 Å². The molecule has 0 unspecified atom stereocenters. The van der Waals surface area contributed by atoms with Crippen LogP contribution in [0.3, 0.4) is 0 Å². The van der Waals surface area contributed by atoms with Crippen molar-refractivity contribution in [3.8, 4) is 5.88 Å². The molecule has 7 heteroatoms. The summed E-state index contributed by atoms with van der Waals surface area (Å²) in [6.07, 6.45) is -1.56. The van der Waals surface area contributed by atoms with Gasteiger partial charge < -0.3 is 14.9 Å². The number of aliphatic hydroxyl groups excluding tert-OH is 1. The molecule has 1 aromatic rings. The third-order valence-corrected chi connectivity index (χ3v) is 1.70. The molecule has 0 aliphatic rings. The van der Waals surface area contributed by atoms with E-state index >= 15 is 0 Å². The van der Waals surface area contributed by atoms with Crippen LogP contribution in [0.1, 0.15) is 0 Å². The third kappa shape index (κ3) is 3.27. The van der Waals surface area contributed by atoms with Gasteiger partial charge in [0.15, 0.2) is 6.10 Å². The molecule has 0 fully saturated rings. The van der Waals surface area contributed by atoms with E-state index in [-0.39, 0.29) is 12.5 Å². The zero-order valence-electron chi connectivity index (χ0n) is 6.92. The number of aromatic nitrogens is 2. The van der Waals surface area contributed by atoms with Crippen molar-refractivity contribution < 1.29 is 19.7 Å². The first-order chi connectivity index (χ1) is 6.59. The Bertz CT molecular complexity index is 316. The molecular weight excluding hydrogens is 256 g/mol. The van der Waals surface area contributed by atoms with Crippen LogP contribution >= 0.6 is 15.9 Å². The fraction of sp³-hybridized carbons (Fsp3) is 0.286. The van der Waals surface area contributed by atoms with Crippen LogP contribution in [-0.2, 0) is 4.79 Å². The van der Waals surface area contributed by atoms with Gasteiger partial charge in [-0.15, -0.1) is 10.2 Å². The van der Waals surface area contributed by atoms with Crippen molar-refractivity contribution in [1.29, 1.82) is 0 Å². The van der Waals surface area contributed by atoms with Gasteiger partial charge in [0.05, 0.1) is 0 Å². The molecule has 0 saturated carbocycles. The Morgan fingerprint density at radius 3 is 2.79 bits per heavy atom. The highest BCUT2D eigenvalue weighted by molar-refractivity contribution is 9.10. The van der Waals surface area contributed by atoms with Crippen LogP contribution in [0.4, 0.5) is 0 Å². The second-order valence-corrected chi connectivity index (χ2v) is 3.17. The summed E-state index contributed by atoms with van der Waals surface area (Å²) < 4.78 is 5.40. The Balaban J connectivity index is 2.46. The van der Waals surface area contributed by atoms with Crippen LogP contribution in [-0.4, -0.2) is 39.1 Å². The van der Waals surface area contributed by atoms with E-state index in [9.17, 15) is 4.79 Å². The number of halogens is 1. The van der Waals surface area contributed by atoms with Crippen LogP contribution in [0.15, 0.2) is 16.7 Å². The molecular formula is C7H7BrN2O4.